The van der Waals surface area contributed by atoms with Crippen LogP contribution in [0.2, 0.25) is 0 Å². The summed E-state index contributed by atoms with van der Waals surface area (Å²) in [5.41, 5.74) is 1.99. The largest absolute Gasteiger partial charge is 0.462 e. The van der Waals surface area contributed by atoms with E-state index in [1.165, 1.54) is 11.3 Å². The third-order valence-electron chi connectivity index (χ3n) is 2.95. The Kier molecular flexibility index (Phi) is 5.57. The number of hydrogen-bond donors (Lipinski definition) is 1. The molecule has 0 radical (unpaired) electrons. The molecule has 0 saturated heterocycles. The summed E-state index contributed by atoms with van der Waals surface area (Å²) in [5.74, 6) is -0.811. The molecule has 22 heavy (non-hydrogen) atoms. The lowest BCUT2D eigenvalue weighted by molar-refractivity contribution is -0.115. The zero-order valence-corrected chi connectivity index (χ0v) is 13.8. The average molecular weight is 338 g/mol. The third kappa shape index (κ3) is 3.67. The molecule has 116 valence electrons. The Morgan fingerprint density at radius 3 is 2.59 bits per heavy atom. The molecule has 0 aliphatic carbocycles. The highest BCUT2D eigenvalue weighted by atomic mass is 35.5. The van der Waals surface area contributed by atoms with Gasteiger partial charge in [0, 0.05) is 10.9 Å². The van der Waals surface area contributed by atoms with Gasteiger partial charge in [-0.2, -0.15) is 0 Å². The zero-order valence-electron chi connectivity index (χ0n) is 12.3. The van der Waals surface area contributed by atoms with Crippen molar-refractivity contribution in [3.63, 3.8) is 0 Å². The first kappa shape index (κ1) is 16.5. The van der Waals surface area contributed by atoms with E-state index in [-0.39, 0.29) is 12.5 Å². The molecule has 6 heteroatoms. The summed E-state index contributed by atoms with van der Waals surface area (Å²) in [5, 5.41) is 4.29. The number of nitrogens with one attached hydrogen (secondary N) is 1. The van der Waals surface area contributed by atoms with Crippen molar-refractivity contribution in [3.05, 3.63) is 41.3 Å². The molecule has 0 saturated carbocycles. The third-order valence-corrected chi connectivity index (χ3v) is 4.05. The van der Waals surface area contributed by atoms with Crippen LogP contribution in [0.1, 0.15) is 24.2 Å². The summed E-state index contributed by atoms with van der Waals surface area (Å²) in [4.78, 5) is 24.1. The second kappa shape index (κ2) is 7.42. The zero-order chi connectivity index (χ0) is 16.1. The van der Waals surface area contributed by atoms with Gasteiger partial charge in [0.25, 0.3) is 0 Å². The summed E-state index contributed by atoms with van der Waals surface area (Å²) < 4.78 is 5.11. The van der Waals surface area contributed by atoms with Gasteiger partial charge in [-0.1, -0.05) is 30.3 Å². The molecular formula is C16H16ClNO3S. The molecule has 4 nitrogen and oxygen atoms in total. The monoisotopic (exact) mass is 337 g/mol. The lowest BCUT2D eigenvalue weighted by Crippen LogP contribution is -2.21. The number of amides is 1. The summed E-state index contributed by atoms with van der Waals surface area (Å²) in [6.45, 7) is 3.58. The molecule has 0 aliphatic heterocycles. The molecule has 0 bridgehead atoms. The van der Waals surface area contributed by atoms with Gasteiger partial charge >= 0.3 is 5.97 Å². The minimum absolute atomic E-state index is 0.266. The number of ether oxygens (including phenoxy) is 1. The Morgan fingerprint density at radius 1 is 1.32 bits per heavy atom. The Labute approximate surface area is 138 Å². The quantitative estimate of drug-likeness (QED) is 0.658. The lowest BCUT2D eigenvalue weighted by atomic mass is 10.0. The summed E-state index contributed by atoms with van der Waals surface area (Å²) in [7, 11) is 0. The molecule has 0 fully saturated rings. The first-order valence-corrected chi connectivity index (χ1v) is 8.15. The van der Waals surface area contributed by atoms with Crippen molar-refractivity contribution in [2.45, 2.75) is 19.2 Å². The molecule has 1 amide bonds. The Morgan fingerprint density at radius 2 is 2.00 bits per heavy atom. The van der Waals surface area contributed by atoms with E-state index in [0.29, 0.717) is 10.6 Å². The van der Waals surface area contributed by atoms with Gasteiger partial charge in [0.15, 0.2) is 0 Å². The Balaban J connectivity index is 2.45. The van der Waals surface area contributed by atoms with Crippen LogP contribution in [0.5, 0.6) is 0 Å². The molecule has 0 aliphatic rings. The predicted octanol–water partition coefficient (Wildman–Crippen LogP) is 4.16. The minimum atomic E-state index is -0.683. The van der Waals surface area contributed by atoms with Crippen LogP contribution in [-0.2, 0) is 9.53 Å². The van der Waals surface area contributed by atoms with Crippen LogP contribution in [0.3, 0.4) is 0 Å². The standard InChI is InChI=1S/C16H16ClNO3S/c1-3-21-16(20)13-12(11-7-5-4-6-8-11)9-22-15(13)18-14(19)10(2)17/h4-10H,3H2,1-2H3,(H,18,19)/t10-/m1/s1. The molecule has 1 atom stereocenters. The smallest absolute Gasteiger partial charge is 0.341 e. The summed E-state index contributed by atoms with van der Waals surface area (Å²) >= 11 is 7.05. The number of thiophene rings is 1. The van der Waals surface area contributed by atoms with Crippen molar-refractivity contribution in [1.82, 2.24) is 0 Å². The minimum Gasteiger partial charge on any atom is -0.462 e. The van der Waals surface area contributed by atoms with Crippen LogP contribution in [0, 0.1) is 0 Å². The number of rotatable bonds is 5. The fourth-order valence-corrected chi connectivity index (χ4v) is 2.91. The number of carbonyl (C=O) groups is 2. The number of halogens is 1. The van der Waals surface area contributed by atoms with Gasteiger partial charge in [0.05, 0.1) is 6.61 Å². The van der Waals surface area contributed by atoms with Gasteiger partial charge in [0.1, 0.15) is 15.9 Å². The number of benzene rings is 1. The van der Waals surface area contributed by atoms with E-state index in [1.54, 1.807) is 13.8 Å². The highest BCUT2D eigenvalue weighted by Crippen LogP contribution is 2.36. The average Bonchev–Trinajstić information content (AvgIpc) is 2.92. The predicted molar refractivity (Wildman–Crippen MR) is 89.7 cm³/mol. The van der Waals surface area contributed by atoms with Crippen molar-refractivity contribution in [2.24, 2.45) is 0 Å². The van der Waals surface area contributed by atoms with Gasteiger partial charge in [-0.25, -0.2) is 4.79 Å². The first-order valence-electron chi connectivity index (χ1n) is 6.83. The molecule has 1 heterocycles. The second-order valence-electron chi connectivity index (χ2n) is 4.55. The highest BCUT2D eigenvalue weighted by molar-refractivity contribution is 7.15. The van der Waals surface area contributed by atoms with E-state index in [0.717, 1.165) is 11.1 Å². The molecule has 1 aromatic carbocycles. The van der Waals surface area contributed by atoms with Crippen LogP contribution >= 0.6 is 22.9 Å². The van der Waals surface area contributed by atoms with Crippen molar-refractivity contribution in [3.8, 4) is 11.1 Å². The maximum atomic E-state index is 12.3. The van der Waals surface area contributed by atoms with Gasteiger partial charge in [-0.3, -0.25) is 4.79 Å². The van der Waals surface area contributed by atoms with Crippen LogP contribution in [-0.4, -0.2) is 23.9 Å². The number of esters is 1. The van der Waals surface area contributed by atoms with Gasteiger partial charge < -0.3 is 10.1 Å². The van der Waals surface area contributed by atoms with Gasteiger partial charge in [-0.05, 0) is 19.4 Å². The van der Waals surface area contributed by atoms with Crippen LogP contribution < -0.4 is 5.32 Å². The van der Waals surface area contributed by atoms with Gasteiger partial charge in [-0.15, -0.1) is 22.9 Å². The topological polar surface area (TPSA) is 55.4 Å². The summed E-state index contributed by atoms with van der Waals surface area (Å²) in [6.07, 6.45) is 0. The van der Waals surface area contributed by atoms with E-state index >= 15 is 0 Å². The molecule has 1 N–H and O–H groups in total. The summed E-state index contributed by atoms with van der Waals surface area (Å²) in [6, 6.07) is 9.49. The van der Waals surface area contributed by atoms with Crippen molar-refractivity contribution >= 4 is 39.8 Å². The maximum Gasteiger partial charge on any atom is 0.341 e. The Bertz CT molecular complexity index is 667. The Hall–Kier alpha value is -1.85. The number of anilines is 1. The fourth-order valence-electron chi connectivity index (χ4n) is 1.90. The molecule has 0 spiro atoms. The molecule has 2 aromatic rings. The second-order valence-corrected chi connectivity index (χ2v) is 6.08. The highest BCUT2D eigenvalue weighted by Gasteiger charge is 2.23. The van der Waals surface area contributed by atoms with E-state index in [2.05, 4.69) is 5.32 Å². The van der Waals surface area contributed by atoms with Crippen LogP contribution in [0.15, 0.2) is 35.7 Å². The van der Waals surface area contributed by atoms with Gasteiger partial charge in [0.2, 0.25) is 5.91 Å². The number of alkyl halides is 1. The molecule has 1 aromatic heterocycles. The van der Waals surface area contributed by atoms with E-state index in [4.69, 9.17) is 16.3 Å². The van der Waals surface area contributed by atoms with Crippen molar-refractivity contribution in [2.75, 3.05) is 11.9 Å². The first-order chi connectivity index (χ1) is 10.5. The maximum absolute atomic E-state index is 12.3. The molecule has 2 rings (SSSR count). The van der Waals surface area contributed by atoms with Crippen molar-refractivity contribution in [1.29, 1.82) is 0 Å². The lowest BCUT2D eigenvalue weighted by Gasteiger charge is -2.09. The van der Waals surface area contributed by atoms with Crippen LogP contribution in [0.4, 0.5) is 5.00 Å². The molecular weight excluding hydrogens is 322 g/mol. The van der Waals surface area contributed by atoms with Crippen LogP contribution in [0.25, 0.3) is 11.1 Å². The normalized spacial score (nSPS) is 11.8. The van der Waals surface area contributed by atoms with E-state index < -0.39 is 11.3 Å². The van der Waals surface area contributed by atoms with E-state index in [1.807, 2.05) is 35.7 Å². The van der Waals surface area contributed by atoms with E-state index in [9.17, 15) is 9.59 Å². The fraction of sp³-hybridized carbons (Fsp3) is 0.250. The number of hydrogen-bond acceptors (Lipinski definition) is 4. The van der Waals surface area contributed by atoms with Crippen molar-refractivity contribution < 1.29 is 14.3 Å². The number of carbonyl (C=O) groups excluding carboxylic acids is 2. The SMILES string of the molecule is CCOC(=O)c1c(-c2ccccc2)csc1NC(=O)[C@@H](C)Cl. The molecule has 0 unspecified atom stereocenters.